The number of carbonyl (C=O) groups is 1. The summed E-state index contributed by atoms with van der Waals surface area (Å²) in [5, 5.41) is 0. The first-order chi connectivity index (χ1) is 7.19. The van der Waals surface area contributed by atoms with Crippen molar-refractivity contribution in [2.24, 2.45) is 0 Å². The van der Waals surface area contributed by atoms with Crippen molar-refractivity contribution in [2.75, 3.05) is 13.2 Å². The molecule has 0 aliphatic heterocycles. The number of amides is 1. The van der Waals surface area contributed by atoms with Crippen LogP contribution in [-0.2, 0) is 0 Å². The number of rotatable bonds is 5. The van der Waals surface area contributed by atoms with Gasteiger partial charge in [-0.2, -0.15) is 0 Å². The average molecular weight is 208 g/mol. The van der Waals surface area contributed by atoms with Gasteiger partial charge < -0.3 is 9.47 Å². The Balaban J connectivity index is 3.02. The van der Waals surface area contributed by atoms with Gasteiger partial charge in [-0.25, -0.2) is 0 Å². The molecule has 1 N–H and O–H groups in total. The molecular formula is C11H14NO3. The Bertz CT molecular complexity index is 350. The van der Waals surface area contributed by atoms with Crippen molar-refractivity contribution in [3.05, 3.63) is 23.8 Å². The third-order valence-electron chi connectivity index (χ3n) is 1.81. The zero-order valence-electron chi connectivity index (χ0n) is 8.87. The summed E-state index contributed by atoms with van der Waals surface area (Å²) in [5.41, 5.74) is 7.29. The maximum atomic E-state index is 10.8. The SMILES string of the molecule is CCOc1ccc(C([NH])=O)cc1OCC. The number of hydrogen-bond donors (Lipinski definition) is 0. The molecule has 0 atom stereocenters. The summed E-state index contributed by atoms with van der Waals surface area (Å²) in [6.07, 6.45) is 0. The van der Waals surface area contributed by atoms with Crippen LogP contribution < -0.4 is 15.2 Å². The fourth-order valence-corrected chi connectivity index (χ4v) is 1.19. The van der Waals surface area contributed by atoms with Crippen molar-refractivity contribution in [3.8, 4) is 11.5 Å². The van der Waals surface area contributed by atoms with E-state index in [0.29, 0.717) is 30.3 Å². The molecule has 0 bridgehead atoms. The molecule has 81 valence electrons. The Hall–Kier alpha value is -1.71. The number of nitrogens with one attached hydrogen (secondary N) is 1. The molecule has 0 spiro atoms. The summed E-state index contributed by atoms with van der Waals surface area (Å²) in [6, 6.07) is 4.74. The smallest absolute Gasteiger partial charge is 0.269 e. The van der Waals surface area contributed by atoms with E-state index in [1.165, 1.54) is 6.07 Å². The van der Waals surface area contributed by atoms with Gasteiger partial charge in [-0.3, -0.25) is 10.5 Å². The Morgan fingerprint density at radius 3 is 2.33 bits per heavy atom. The molecule has 0 saturated carbocycles. The summed E-state index contributed by atoms with van der Waals surface area (Å²) in [4.78, 5) is 10.8. The van der Waals surface area contributed by atoms with Gasteiger partial charge in [0.2, 0.25) is 0 Å². The van der Waals surface area contributed by atoms with Crippen LogP contribution in [-0.4, -0.2) is 19.1 Å². The Morgan fingerprint density at radius 2 is 1.80 bits per heavy atom. The molecule has 0 heterocycles. The molecule has 0 aromatic heterocycles. The molecule has 0 fully saturated rings. The summed E-state index contributed by atoms with van der Waals surface area (Å²) < 4.78 is 10.6. The number of ether oxygens (including phenoxy) is 2. The fourth-order valence-electron chi connectivity index (χ4n) is 1.19. The van der Waals surface area contributed by atoms with Crippen molar-refractivity contribution < 1.29 is 14.3 Å². The van der Waals surface area contributed by atoms with E-state index in [2.05, 4.69) is 0 Å². The first kappa shape index (κ1) is 11.4. The van der Waals surface area contributed by atoms with E-state index < -0.39 is 5.91 Å². The van der Waals surface area contributed by atoms with Crippen LogP contribution in [0.2, 0.25) is 0 Å². The highest BCUT2D eigenvalue weighted by Crippen LogP contribution is 2.28. The molecule has 4 nitrogen and oxygen atoms in total. The molecule has 1 aromatic rings. The second kappa shape index (κ2) is 5.24. The van der Waals surface area contributed by atoms with E-state index in [1.54, 1.807) is 12.1 Å². The first-order valence-corrected chi connectivity index (χ1v) is 4.84. The van der Waals surface area contributed by atoms with Crippen LogP contribution in [0.25, 0.3) is 0 Å². The van der Waals surface area contributed by atoms with Crippen LogP contribution >= 0.6 is 0 Å². The van der Waals surface area contributed by atoms with Gasteiger partial charge in [0.05, 0.1) is 13.2 Å². The quantitative estimate of drug-likeness (QED) is 0.742. The highest BCUT2D eigenvalue weighted by atomic mass is 16.5. The molecule has 4 heteroatoms. The van der Waals surface area contributed by atoms with E-state index in [-0.39, 0.29) is 0 Å². The molecular weight excluding hydrogens is 194 g/mol. The molecule has 15 heavy (non-hydrogen) atoms. The van der Waals surface area contributed by atoms with E-state index >= 15 is 0 Å². The molecule has 1 radical (unpaired) electrons. The lowest BCUT2D eigenvalue weighted by atomic mass is 10.2. The Labute approximate surface area is 89.0 Å². The lowest BCUT2D eigenvalue weighted by molar-refractivity contribution is 0.0991. The number of hydrogen-bond acceptors (Lipinski definition) is 3. The first-order valence-electron chi connectivity index (χ1n) is 4.84. The summed E-state index contributed by atoms with van der Waals surface area (Å²) in [5.74, 6) is 0.390. The van der Waals surface area contributed by atoms with Gasteiger partial charge in [0.1, 0.15) is 0 Å². The van der Waals surface area contributed by atoms with Gasteiger partial charge in [0.15, 0.2) is 11.5 Å². The van der Waals surface area contributed by atoms with Crippen LogP contribution in [0.1, 0.15) is 24.2 Å². The van der Waals surface area contributed by atoms with Crippen LogP contribution in [0.15, 0.2) is 18.2 Å². The Kier molecular flexibility index (Phi) is 3.97. The van der Waals surface area contributed by atoms with Crippen LogP contribution in [0.4, 0.5) is 0 Å². The maximum absolute atomic E-state index is 10.8. The van der Waals surface area contributed by atoms with Crippen molar-refractivity contribution >= 4 is 5.91 Å². The summed E-state index contributed by atoms with van der Waals surface area (Å²) in [6.45, 7) is 4.76. The van der Waals surface area contributed by atoms with Crippen molar-refractivity contribution in [1.82, 2.24) is 5.73 Å². The monoisotopic (exact) mass is 208 g/mol. The lowest BCUT2D eigenvalue weighted by Gasteiger charge is -2.11. The molecule has 0 aliphatic carbocycles. The van der Waals surface area contributed by atoms with Gasteiger partial charge in [-0.15, -0.1) is 0 Å². The third kappa shape index (κ3) is 2.87. The van der Waals surface area contributed by atoms with Crippen LogP contribution in [0.3, 0.4) is 0 Å². The predicted octanol–water partition coefficient (Wildman–Crippen LogP) is 1.91. The minimum absolute atomic E-state index is 0.307. The fraction of sp³-hybridized carbons (Fsp3) is 0.364. The Morgan fingerprint density at radius 1 is 1.20 bits per heavy atom. The van der Waals surface area contributed by atoms with E-state index in [0.717, 1.165) is 0 Å². The van der Waals surface area contributed by atoms with Gasteiger partial charge in [-0.05, 0) is 32.0 Å². The average Bonchev–Trinajstić information content (AvgIpc) is 2.21. The third-order valence-corrected chi connectivity index (χ3v) is 1.81. The summed E-state index contributed by atoms with van der Waals surface area (Å²) >= 11 is 0. The highest BCUT2D eigenvalue weighted by Gasteiger charge is 2.08. The minimum Gasteiger partial charge on any atom is -0.490 e. The standard InChI is InChI=1S/C11H14NO3/c1-3-14-9-6-5-8(11(12)13)7-10(9)15-4-2/h5-7,12H,3-4H2,1-2H3. The van der Waals surface area contributed by atoms with E-state index in [1.807, 2.05) is 13.8 Å². The number of benzene rings is 1. The maximum Gasteiger partial charge on any atom is 0.269 e. The topological polar surface area (TPSA) is 59.3 Å². The molecule has 0 aliphatic rings. The van der Waals surface area contributed by atoms with Gasteiger partial charge in [0, 0.05) is 5.56 Å². The summed E-state index contributed by atoms with van der Waals surface area (Å²) in [7, 11) is 0. The van der Waals surface area contributed by atoms with Crippen LogP contribution in [0, 0.1) is 0 Å². The molecule has 0 unspecified atom stereocenters. The van der Waals surface area contributed by atoms with Gasteiger partial charge in [-0.1, -0.05) is 0 Å². The molecule has 1 amide bonds. The van der Waals surface area contributed by atoms with Crippen molar-refractivity contribution in [3.63, 3.8) is 0 Å². The van der Waals surface area contributed by atoms with Crippen molar-refractivity contribution in [1.29, 1.82) is 0 Å². The zero-order chi connectivity index (χ0) is 11.3. The van der Waals surface area contributed by atoms with E-state index in [9.17, 15) is 4.79 Å². The van der Waals surface area contributed by atoms with E-state index in [4.69, 9.17) is 15.2 Å². The minimum atomic E-state index is -0.723. The largest absolute Gasteiger partial charge is 0.490 e. The second-order valence-electron chi connectivity index (χ2n) is 2.86. The highest BCUT2D eigenvalue weighted by molar-refractivity contribution is 5.92. The van der Waals surface area contributed by atoms with Crippen LogP contribution in [0.5, 0.6) is 11.5 Å². The van der Waals surface area contributed by atoms with Crippen molar-refractivity contribution in [2.45, 2.75) is 13.8 Å². The molecule has 1 aromatic carbocycles. The predicted molar refractivity (Wildman–Crippen MR) is 56.2 cm³/mol. The zero-order valence-corrected chi connectivity index (χ0v) is 8.87. The second-order valence-corrected chi connectivity index (χ2v) is 2.86. The lowest BCUT2D eigenvalue weighted by Crippen LogP contribution is -2.03. The van der Waals surface area contributed by atoms with Gasteiger partial charge >= 0.3 is 0 Å². The number of carbonyl (C=O) groups excluding carboxylic acids is 1. The normalized spacial score (nSPS) is 9.73. The molecule has 0 saturated heterocycles. The molecule has 1 rings (SSSR count). The van der Waals surface area contributed by atoms with Gasteiger partial charge in [0.25, 0.3) is 5.91 Å².